The summed E-state index contributed by atoms with van der Waals surface area (Å²) in [5, 5.41) is 22.0. The van der Waals surface area contributed by atoms with E-state index in [1.54, 1.807) is 0 Å². The van der Waals surface area contributed by atoms with Crippen molar-refractivity contribution in [3.05, 3.63) is 28.8 Å². The first-order valence-corrected chi connectivity index (χ1v) is 6.01. The largest absolute Gasteiger partial charge is 0.507 e. The maximum Gasteiger partial charge on any atom is 0.121 e. The summed E-state index contributed by atoms with van der Waals surface area (Å²) < 4.78 is 0. The highest BCUT2D eigenvalue weighted by Crippen LogP contribution is 2.23. The first-order valence-electron chi connectivity index (χ1n) is 6.01. The Hall–Kier alpha value is -1.06. The molecule has 0 saturated carbocycles. The highest BCUT2D eigenvalue weighted by molar-refractivity contribution is 5.42. The molecule has 0 spiro atoms. The Balaban J connectivity index is 2.70. The number of phenolic OH excluding ortho intramolecular Hbond substituents is 1. The maximum absolute atomic E-state index is 9.69. The van der Waals surface area contributed by atoms with Gasteiger partial charge in [0, 0.05) is 18.7 Å². The van der Waals surface area contributed by atoms with E-state index in [9.17, 15) is 5.11 Å². The number of nitrogens with one attached hydrogen (secondary N) is 1. The third-order valence-electron chi connectivity index (χ3n) is 3.06. The monoisotopic (exact) mass is 237 g/mol. The Morgan fingerprint density at radius 1 is 1.18 bits per heavy atom. The minimum absolute atomic E-state index is 0.0750. The molecule has 1 aromatic carbocycles. The van der Waals surface area contributed by atoms with Crippen molar-refractivity contribution in [3.8, 4) is 5.75 Å². The van der Waals surface area contributed by atoms with Gasteiger partial charge in [-0.15, -0.1) is 0 Å². The zero-order chi connectivity index (χ0) is 13.1. The van der Waals surface area contributed by atoms with Crippen molar-refractivity contribution >= 4 is 0 Å². The Kier molecular flexibility index (Phi) is 4.54. The predicted octanol–water partition coefficient (Wildman–Crippen LogP) is 2.26. The molecule has 0 aromatic heterocycles. The molecule has 3 heteroatoms. The standard InChI is InChI=1S/C14H23NO2/c1-10-7-12(8-11(2)13(10)17)9-15-14(3,4)5-6-16/h7-8,15-17H,5-6,9H2,1-4H3. The lowest BCUT2D eigenvalue weighted by atomic mass is 10.00. The lowest BCUT2D eigenvalue weighted by Gasteiger charge is -2.25. The number of phenols is 1. The van der Waals surface area contributed by atoms with Gasteiger partial charge >= 0.3 is 0 Å². The zero-order valence-electron chi connectivity index (χ0n) is 11.2. The molecule has 0 aliphatic rings. The highest BCUT2D eigenvalue weighted by Gasteiger charge is 2.16. The molecule has 0 atom stereocenters. The lowest BCUT2D eigenvalue weighted by Crippen LogP contribution is -2.39. The van der Waals surface area contributed by atoms with Crippen molar-refractivity contribution in [2.45, 2.75) is 46.2 Å². The molecule has 1 rings (SSSR count). The van der Waals surface area contributed by atoms with Crippen LogP contribution in [0.15, 0.2) is 12.1 Å². The van der Waals surface area contributed by atoms with Crippen LogP contribution in [0.25, 0.3) is 0 Å². The van der Waals surface area contributed by atoms with E-state index in [4.69, 9.17) is 5.11 Å². The number of aromatic hydroxyl groups is 1. The number of rotatable bonds is 5. The molecule has 17 heavy (non-hydrogen) atoms. The summed E-state index contributed by atoms with van der Waals surface area (Å²) in [4.78, 5) is 0. The van der Waals surface area contributed by atoms with Crippen LogP contribution in [0.5, 0.6) is 5.75 Å². The summed E-state index contributed by atoms with van der Waals surface area (Å²) in [6, 6.07) is 3.98. The summed E-state index contributed by atoms with van der Waals surface area (Å²) >= 11 is 0. The van der Waals surface area contributed by atoms with Gasteiger partial charge in [-0.25, -0.2) is 0 Å². The molecule has 0 bridgehead atoms. The molecule has 0 radical (unpaired) electrons. The normalized spacial score (nSPS) is 11.8. The summed E-state index contributed by atoms with van der Waals surface area (Å²) in [6.45, 7) is 8.89. The van der Waals surface area contributed by atoms with Gasteiger partial charge in [-0.3, -0.25) is 0 Å². The van der Waals surface area contributed by atoms with Gasteiger partial charge in [0.05, 0.1) is 0 Å². The topological polar surface area (TPSA) is 52.5 Å². The molecule has 0 aliphatic heterocycles. The fraction of sp³-hybridized carbons (Fsp3) is 0.571. The van der Waals surface area contributed by atoms with Gasteiger partial charge in [-0.1, -0.05) is 12.1 Å². The fourth-order valence-corrected chi connectivity index (χ4v) is 1.86. The van der Waals surface area contributed by atoms with Crippen LogP contribution in [-0.2, 0) is 6.54 Å². The van der Waals surface area contributed by atoms with E-state index in [2.05, 4.69) is 19.2 Å². The third kappa shape index (κ3) is 4.02. The molecule has 0 saturated heterocycles. The van der Waals surface area contributed by atoms with Crippen LogP contribution >= 0.6 is 0 Å². The average molecular weight is 237 g/mol. The smallest absolute Gasteiger partial charge is 0.121 e. The summed E-state index contributed by atoms with van der Waals surface area (Å²) in [6.07, 6.45) is 0.725. The molecule has 0 amide bonds. The Morgan fingerprint density at radius 2 is 1.71 bits per heavy atom. The molecule has 0 aliphatic carbocycles. The summed E-state index contributed by atoms with van der Waals surface area (Å²) in [5.41, 5.74) is 2.89. The Morgan fingerprint density at radius 3 is 2.18 bits per heavy atom. The maximum atomic E-state index is 9.69. The first kappa shape index (κ1) is 14.0. The molecule has 3 nitrogen and oxygen atoms in total. The number of aliphatic hydroxyl groups is 1. The van der Waals surface area contributed by atoms with Gasteiger partial charge in [0.15, 0.2) is 0 Å². The molecular weight excluding hydrogens is 214 g/mol. The first-order chi connectivity index (χ1) is 7.85. The molecule has 0 unspecified atom stereocenters. The number of hydrogen-bond acceptors (Lipinski definition) is 3. The molecule has 0 fully saturated rings. The number of hydrogen-bond donors (Lipinski definition) is 3. The summed E-state index contributed by atoms with van der Waals surface area (Å²) in [5.74, 6) is 0.378. The van der Waals surface area contributed by atoms with Gasteiger partial charge < -0.3 is 15.5 Å². The molecule has 0 heterocycles. The van der Waals surface area contributed by atoms with Crippen molar-refractivity contribution in [1.82, 2.24) is 5.32 Å². The van der Waals surface area contributed by atoms with E-state index in [1.807, 2.05) is 26.0 Å². The van der Waals surface area contributed by atoms with Crippen LogP contribution in [0.3, 0.4) is 0 Å². The number of aliphatic hydroxyl groups excluding tert-OH is 1. The number of aryl methyl sites for hydroxylation is 2. The van der Waals surface area contributed by atoms with Crippen LogP contribution in [0.4, 0.5) is 0 Å². The second-order valence-electron chi connectivity index (χ2n) is 5.29. The van der Waals surface area contributed by atoms with Crippen LogP contribution in [0.1, 0.15) is 37.0 Å². The Bertz CT molecular complexity index is 363. The van der Waals surface area contributed by atoms with Crippen LogP contribution < -0.4 is 5.32 Å². The zero-order valence-corrected chi connectivity index (χ0v) is 11.2. The minimum atomic E-state index is -0.0750. The van der Waals surface area contributed by atoms with Gasteiger partial charge in [0.25, 0.3) is 0 Å². The summed E-state index contributed by atoms with van der Waals surface area (Å²) in [7, 11) is 0. The highest BCUT2D eigenvalue weighted by atomic mass is 16.3. The average Bonchev–Trinajstić information content (AvgIpc) is 2.23. The van der Waals surface area contributed by atoms with Crippen molar-refractivity contribution in [2.75, 3.05) is 6.61 Å². The quantitative estimate of drug-likeness (QED) is 0.736. The second kappa shape index (κ2) is 5.52. The van der Waals surface area contributed by atoms with E-state index in [1.165, 1.54) is 0 Å². The van der Waals surface area contributed by atoms with Crippen molar-refractivity contribution in [1.29, 1.82) is 0 Å². The predicted molar refractivity (Wildman–Crippen MR) is 70.2 cm³/mol. The molecule has 3 N–H and O–H groups in total. The van der Waals surface area contributed by atoms with E-state index in [0.717, 1.165) is 29.7 Å². The third-order valence-corrected chi connectivity index (χ3v) is 3.06. The van der Waals surface area contributed by atoms with E-state index < -0.39 is 0 Å². The van der Waals surface area contributed by atoms with Gasteiger partial charge in [-0.05, 0) is 50.8 Å². The Labute approximate surface area is 103 Å². The molecule has 1 aromatic rings. The van der Waals surface area contributed by atoms with Crippen molar-refractivity contribution in [2.24, 2.45) is 0 Å². The van der Waals surface area contributed by atoms with Crippen LogP contribution in [0.2, 0.25) is 0 Å². The minimum Gasteiger partial charge on any atom is -0.507 e. The molecular formula is C14H23NO2. The second-order valence-corrected chi connectivity index (χ2v) is 5.29. The fourth-order valence-electron chi connectivity index (χ4n) is 1.86. The SMILES string of the molecule is Cc1cc(CNC(C)(C)CCO)cc(C)c1O. The van der Waals surface area contributed by atoms with Crippen molar-refractivity contribution in [3.63, 3.8) is 0 Å². The van der Waals surface area contributed by atoms with Crippen LogP contribution in [-0.4, -0.2) is 22.4 Å². The van der Waals surface area contributed by atoms with E-state index >= 15 is 0 Å². The van der Waals surface area contributed by atoms with Gasteiger partial charge in [-0.2, -0.15) is 0 Å². The van der Waals surface area contributed by atoms with E-state index in [0.29, 0.717) is 5.75 Å². The van der Waals surface area contributed by atoms with E-state index in [-0.39, 0.29) is 12.1 Å². The lowest BCUT2D eigenvalue weighted by molar-refractivity contribution is 0.230. The van der Waals surface area contributed by atoms with Gasteiger partial charge in [0.2, 0.25) is 0 Å². The molecule has 96 valence electrons. The van der Waals surface area contributed by atoms with Crippen LogP contribution in [0, 0.1) is 13.8 Å². The van der Waals surface area contributed by atoms with Crippen molar-refractivity contribution < 1.29 is 10.2 Å². The number of benzene rings is 1. The van der Waals surface area contributed by atoms with Gasteiger partial charge in [0.1, 0.15) is 5.75 Å².